The molecule has 0 bridgehead atoms. The summed E-state index contributed by atoms with van der Waals surface area (Å²) >= 11 is 0. The molecule has 146 valence electrons. The number of halogens is 1. The van der Waals surface area contributed by atoms with E-state index in [-0.39, 0.29) is 42.5 Å². The van der Waals surface area contributed by atoms with Crippen molar-refractivity contribution in [3.05, 3.63) is 35.4 Å². The van der Waals surface area contributed by atoms with Gasteiger partial charge in [-0.1, -0.05) is 24.3 Å². The van der Waals surface area contributed by atoms with Gasteiger partial charge in [-0.2, -0.15) is 0 Å². The Morgan fingerprint density at radius 2 is 2.04 bits per heavy atom. The van der Waals surface area contributed by atoms with Crippen LogP contribution in [0.1, 0.15) is 24.5 Å². The van der Waals surface area contributed by atoms with E-state index in [0.717, 1.165) is 19.3 Å². The highest BCUT2D eigenvalue weighted by Gasteiger charge is 2.20. The van der Waals surface area contributed by atoms with Crippen LogP contribution in [0, 0.1) is 0 Å². The Bertz CT molecular complexity index is 607. The number of carbonyl (C=O) groups is 1. The van der Waals surface area contributed by atoms with Gasteiger partial charge in [0.15, 0.2) is 5.96 Å². The highest BCUT2D eigenvalue weighted by Crippen LogP contribution is 2.20. The molecule has 1 amide bonds. The molecule has 6 nitrogen and oxygen atoms in total. The van der Waals surface area contributed by atoms with Crippen LogP contribution in [0.2, 0.25) is 0 Å². The van der Waals surface area contributed by atoms with Gasteiger partial charge in [0, 0.05) is 33.3 Å². The molecule has 2 N–H and O–H groups in total. The maximum atomic E-state index is 11.9. The second kappa shape index (κ2) is 11.4. The van der Waals surface area contributed by atoms with E-state index in [1.165, 1.54) is 11.1 Å². The minimum atomic E-state index is -0.0190. The van der Waals surface area contributed by atoms with Crippen LogP contribution in [0.4, 0.5) is 0 Å². The topological polar surface area (TPSA) is 66.0 Å². The molecule has 0 fully saturated rings. The molecule has 1 aromatic rings. The van der Waals surface area contributed by atoms with E-state index in [1.807, 2.05) is 6.92 Å². The lowest BCUT2D eigenvalue weighted by molar-refractivity contribution is -0.127. The second-order valence-electron chi connectivity index (χ2n) is 6.81. The van der Waals surface area contributed by atoms with Crippen molar-refractivity contribution >= 4 is 35.8 Å². The summed E-state index contributed by atoms with van der Waals surface area (Å²) in [4.78, 5) is 17.9. The average molecular weight is 474 g/mol. The Hall–Kier alpha value is -1.35. The maximum Gasteiger partial charge on any atom is 0.243 e. The number of nitrogens with one attached hydrogen (secondary N) is 2. The van der Waals surface area contributed by atoms with Gasteiger partial charge in [0.1, 0.15) is 6.54 Å². The molecule has 26 heavy (non-hydrogen) atoms. The van der Waals surface area contributed by atoms with Crippen molar-refractivity contribution in [1.29, 1.82) is 0 Å². The highest BCUT2D eigenvalue weighted by molar-refractivity contribution is 14.0. The Labute approximate surface area is 173 Å². The van der Waals surface area contributed by atoms with Crippen LogP contribution < -0.4 is 10.6 Å². The Morgan fingerprint density at radius 1 is 1.35 bits per heavy atom. The van der Waals surface area contributed by atoms with E-state index in [1.54, 1.807) is 26.1 Å². The Morgan fingerprint density at radius 3 is 2.69 bits per heavy atom. The summed E-state index contributed by atoms with van der Waals surface area (Å²) in [6, 6.07) is 9.00. The lowest BCUT2D eigenvalue weighted by Crippen LogP contribution is -2.49. The molecule has 0 spiro atoms. The number of benzene rings is 1. The SMILES string of the molecule is COCC(C)NC(=NCC(=O)N(C)C)NC1CCc2ccccc2C1.I. The van der Waals surface area contributed by atoms with E-state index in [0.29, 0.717) is 18.6 Å². The predicted octanol–water partition coefficient (Wildman–Crippen LogP) is 1.82. The molecule has 2 unspecified atom stereocenters. The number of fused-ring (bicyclic) bond motifs is 1. The zero-order chi connectivity index (χ0) is 18.2. The molecule has 0 radical (unpaired) electrons. The van der Waals surface area contributed by atoms with Crippen LogP contribution in [0.5, 0.6) is 0 Å². The fourth-order valence-corrected chi connectivity index (χ4v) is 2.96. The number of hydrogen-bond donors (Lipinski definition) is 2. The molecule has 0 saturated carbocycles. The van der Waals surface area contributed by atoms with E-state index in [2.05, 4.69) is 39.9 Å². The van der Waals surface area contributed by atoms with Crippen molar-refractivity contribution in [3.8, 4) is 0 Å². The van der Waals surface area contributed by atoms with Gasteiger partial charge in [-0.25, -0.2) is 4.99 Å². The van der Waals surface area contributed by atoms with Crippen molar-refractivity contribution in [2.24, 2.45) is 4.99 Å². The van der Waals surface area contributed by atoms with Crippen LogP contribution in [-0.2, 0) is 22.4 Å². The molecular formula is C19H31IN4O2. The monoisotopic (exact) mass is 474 g/mol. The molecular weight excluding hydrogens is 443 g/mol. The first-order chi connectivity index (χ1) is 12.0. The third kappa shape index (κ3) is 7.11. The fraction of sp³-hybridized carbons (Fsp3) is 0.579. The van der Waals surface area contributed by atoms with Crippen molar-refractivity contribution in [2.45, 2.75) is 38.3 Å². The van der Waals surface area contributed by atoms with E-state index in [9.17, 15) is 4.79 Å². The lowest BCUT2D eigenvalue weighted by atomic mass is 9.88. The normalized spacial score (nSPS) is 17.5. The van der Waals surface area contributed by atoms with Gasteiger partial charge in [-0.05, 0) is 37.3 Å². The smallest absolute Gasteiger partial charge is 0.243 e. The van der Waals surface area contributed by atoms with Gasteiger partial charge in [0.25, 0.3) is 0 Å². The molecule has 1 aromatic carbocycles. The molecule has 2 rings (SSSR count). The van der Waals surface area contributed by atoms with Crippen molar-refractivity contribution < 1.29 is 9.53 Å². The summed E-state index contributed by atoms with van der Waals surface area (Å²) in [6.45, 7) is 2.74. The van der Waals surface area contributed by atoms with Crippen LogP contribution >= 0.6 is 24.0 Å². The van der Waals surface area contributed by atoms with Gasteiger partial charge in [0.05, 0.1) is 6.61 Å². The number of aryl methyl sites for hydroxylation is 1. The number of amides is 1. The quantitative estimate of drug-likeness (QED) is 0.375. The van der Waals surface area contributed by atoms with Crippen molar-refractivity contribution in [2.75, 3.05) is 34.4 Å². The van der Waals surface area contributed by atoms with Crippen molar-refractivity contribution in [3.63, 3.8) is 0 Å². The fourth-order valence-electron chi connectivity index (χ4n) is 2.96. The standard InChI is InChI=1S/C19H30N4O2.HI/c1-14(13-25-4)21-19(20-12-18(24)23(2)3)22-17-10-9-15-7-5-6-8-16(15)11-17;/h5-8,14,17H,9-13H2,1-4H3,(H2,20,21,22);1H. The third-order valence-corrected chi connectivity index (χ3v) is 4.36. The van der Waals surface area contributed by atoms with E-state index < -0.39 is 0 Å². The molecule has 0 aromatic heterocycles. The average Bonchev–Trinajstić information content (AvgIpc) is 2.59. The molecule has 0 saturated heterocycles. The van der Waals surface area contributed by atoms with Gasteiger partial charge >= 0.3 is 0 Å². The van der Waals surface area contributed by atoms with Crippen LogP contribution in [0.25, 0.3) is 0 Å². The van der Waals surface area contributed by atoms with Gasteiger partial charge in [-0.15, -0.1) is 24.0 Å². The molecule has 7 heteroatoms. The number of methoxy groups -OCH3 is 1. The maximum absolute atomic E-state index is 11.9. The number of nitrogens with zero attached hydrogens (tertiary/aromatic N) is 2. The zero-order valence-corrected chi connectivity index (χ0v) is 18.4. The van der Waals surface area contributed by atoms with E-state index >= 15 is 0 Å². The minimum absolute atomic E-state index is 0. The Kier molecular flexibility index (Phi) is 9.93. The number of hydrogen-bond acceptors (Lipinski definition) is 3. The first kappa shape index (κ1) is 22.7. The predicted molar refractivity (Wildman–Crippen MR) is 116 cm³/mol. The molecule has 0 aliphatic heterocycles. The summed E-state index contributed by atoms with van der Waals surface area (Å²) in [5, 5.41) is 6.82. The second-order valence-corrected chi connectivity index (χ2v) is 6.81. The molecule has 1 aliphatic carbocycles. The van der Waals surface area contributed by atoms with E-state index in [4.69, 9.17) is 4.74 Å². The van der Waals surface area contributed by atoms with Crippen LogP contribution in [-0.4, -0.2) is 63.2 Å². The number of ether oxygens (including phenoxy) is 1. The van der Waals surface area contributed by atoms with Gasteiger partial charge in [-0.3, -0.25) is 4.79 Å². The summed E-state index contributed by atoms with van der Waals surface area (Å²) < 4.78 is 5.18. The molecule has 1 aliphatic rings. The van der Waals surface area contributed by atoms with Gasteiger partial charge in [0.2, 0.25) is 5.91 Å². The summed E-state index contributed by atoms with van der Waals surface area (Å²) in [5.74, 6) is 0.651. The first-order valence-corrected chi connectivity index (χ1v) is 8.83. The largest absolute Gasteiger partial charge is 0.383 e. The van der Waals surface area contributed by atoms with Crippen molar-refractivity contribution in [1.82, 2.24) is 15.5 Å². The first-order valence-electron chi connectivity index (χ1n) is 8.83. The summed E-state index contributed by atoms with van der Waals surface area (Å²) in [6.07, 6.45) is 3.08. The van der Waals surface area contributed by atoms with Crippen LogP contribution in [0.3, 0.4) is 0 Å². The minimum Gasteiger partial charge on any atom is -0.383 e. The number of likely N-dealkylation sites (N-methyl/N-ethyl adjacent to an activating group) is 1. The summed E-state index contributed by atoms with van der Waals surface area (Å²) in [7, 11) is 5.16. The number of carbonyl (C=O) groups excluding carboxylic acids is 1. The molecule has 2 atom stereocenters. The summed E-state index contributed by atoms with van der Waals surface area (Å²) in [5.41, 5.74) is 2.82. The zero-order valence-electron chi connectivity index (χ0n) is 16.1. The number of rotatable bonds is 6. The Balaban J connectivity index is 0.00000338. The van der Waals surface area contributed by atoms with Crippen LogP contribution in [0.15, 0.2) is 29.3 Å². The number of aliphatic imine (C=N–C) groups is 1. The number of guanidine groups is 1. The third-order valence-electron chi connectivity index (χ3n) is 4.36. The molecule has 0 heterocycles. The highest BCUT2D eigenvalue weighted by atomic mass is 127. The lowest BCUT2D eigenvalue weighted by Gasteiger charge is -2.28. The van der Waals surface area contributed by atoms with Gasteiger partial charge < -0.3 is 20.3 Å².